The molecule has 2 aromatic rings. The normalized spacial score (nSPS) is 10.2. The molecule has 0 fully saturated rings. The molecular weight excluding hydrogens is 276 g/mol. The Morgan fingerprint density at radius 1 is 1.35 bits per heavy atom. The lowest BCUT2D eigenvalue weighted by molar-refractivity contribution is 0.0953. The topological polar surface area (TPSA) is 90.1 Å². The van der Waals surface area contributed by atoms with E-state index in [0.29, 0.717) is 17.2 Å². The summed E-state index contributed by atoms with van der Waals surface area (Å²) < 4.78 is 5.04. The maximum atomic E-state index is 11.9. The Bertz CT molecular complexity index is 568. The minimum Gasteiger partial charge on any atom is -0.497 e. The van der Waals surface area contributed by atoms with Gasteiger partial charge in [-0.1, -0.05) is 11.3 Å². The number of carbonyl (C=O) groups excluding carboxylic acids is 1. The predicted molar refractivity (Wildman–Crippen MR) is 78.0 cm³/mol. The highest BCUT2D eigenvalue weighted by atomic mass is 32.1. The summed E-state index contributed by atoms with van der Waals surface area (Å²) in [4.78, 5) is 11.9. The Labute approximate surface area is 121 Å². The van der Waals surface area contributed by atoms with Crippen molar-refractivity contribution in [3.63, 3.8) is 0 Å². The summed E-state index contributed by atoms with van der Waals surface area (Å²) in [6.07, 6.45) is 1.56. The van der Waals surface area contributed by atoms with E-state index in [1.807, 2.05) is 0 Å². The molecule has 106 valence electrons. The van der Waals surface area contributed by atoms with Crippen LogP contribution in [0.3, 0.4) is 0 Å². The first kappa shape index (κ1) is 14.3. The fourth-order valence-electron chi connectivity index (χ4n) is 1.65. The van der Waals surface area contributed by atoms with Crippen LogP contribution < -0.4 is 15.8 Å². The van der Waals surface area contributed by atoms with E-state index in [1.165, 1.54) is 11.3 Å². The van der Waals surface area contributed by atoms with Crippen molar-refractivity contribution in [2.24, 2.45) is 0 Å². The highest BCUT2D eigenvalue weighted by molar-refractivity contribution is 7.15. The maximum Gasteiger partial charge on any atom is 0.251 e. The summed E-state index contributed by atoms with van der Waals surface area (Å²) in [6.45, 7) is 0.588. The Morgan fingerprint density at radius 2 is 2.10 bits per heavy atom. The van der Waals surface area contributed by atoms with Gasteiger partial charge in [0.2, 0.25) is 5.13 Å². The molecule has 2 rings (SSSR count). The van der Waals surface area contributed by atoms with Crippen LogP contribution in [0.1, 0.15) is 21.8 Å². The number of hydrogen-bond acceptors (Lipinski definition) is 6. The first-order valence-electron chi connectivity index (χ1n) is 6.19. The van der Waals surface area contributed by atoms with Gasteiger partial charge in [-0.05, 0) is 30.7 Å². The van der Waals surface area contributed by atoms with Crippen LogP contribution in [-0.4, -0.2) is 29.8 Å². The van der Waals surface area contributed by atoms with Crippen molar-refractivity contribution in [1.82, 2.24) is 15.5 Å². The lowest BCUT2D eigenvalue weighted by Gasteiger charge is -2.05. The average molecular weight is 292 g/mol. The fraction of sp³-hybridized carbons (Fsp3) is 0.308. The van der Waals surface area contributed by atoms with Gasteiger partial charge in [-0.15, -0.1) is 10.2 Å². The van der Waals surface area contributed by atoms with E-state index in [2.05, 4.69) is 15.5 Å². The number of methoxy groups -OCH3 is 1. The quantitative estimate of drug-likeness (QED) is 0.787. The number of carbonyl (C=O) groups is 1. The summed E-state index contributed by atoms with van der Waals surface area (Å²) in [7, 11) is 1.59. The number of hydrogen-bond donors (Lipinski definition) is 2. The molecule has 0 spiro atoms. The maximum absolute atomic E-state index is 11.9. The number of aryl methyl sites for hydroxylation is 1. The molecule has 0 unspecified atom stereocenters. The van der Waals surface area contributed by atoms with Crippen LogP contribution in [0.5, 0.6) is 5.75 Å². The van der Waals surface area contributed by atoms with Crippen LogP contribution in [0, 0.1) is 0 Å². The Hall–Kier alpha value is -2.15. The van der Waals surface area contributed by atoms with Gasteiger partial charge in [0.25, 0.3) is 5.91 Å². The van der Waals surface area contributed by atoms with Gasteiger partial charge in [0, 0.05) is 18.5 Å². The van der Waals surface area contributed by atoms with Gasteiger partial charge in [0.1, 0.15) is 10.8 Å². The van der Waals surface area contributed by atoms with E-state index in [1.54, 1.807) is 31.4 Å². The predicted octanol–water partition coefficient (Wildman–Crippen LogP) is 1.49. The average Bonchev–Trinajstić information content (AvgIpc) is 2.89. The third-order valence-corrected chi connectivity index (χ3v) is 3.50. The number of ether oxygens (including phenoxy) is 1. The molecule has 1 amide bonds. The summed E-state index contributed by atoms with van der Waals surface area (Å²) in [5.41, 5.74) is 6.11. The molecular formula is C13H16N4O2S. The summed E-state index contributed by atoms with van der Waals surface area (Å²) in [5.74, 6) is 0.639. The number of benzene rings is 1. The van der Waals surface area contributed by atoms with E-state index in [-0.39, 0.29) is 5.91 Å². The zero-order chi connectivity index (χ0) is 14.4. The van der Waals surface area contributed by atoms with Crippen molar-refractivity contribution in [2.45, 2.75) is 12.8 Å². The Morgan fingerprint density at radius 3 is 2.70 bits per heavy atom. The van der Waals surface area contributed by atoms with Crippen LogP contribution in [0.15, 0.2) is 24.3 Å². The molecule has 1 aromatic heterocycles. The molecule has 0 saturated carbocycles. The van der Waals surface area contributed by atoms with Gasteiger partial charge in [-0.2, -0.15) is 0 Å². The van der Waals surface area contributed by atoms with E-state index >= 15 is 0 Å². The lowest BCUT2D eigenvalue weighted by atomic mass is 10.2. The molecule has 0 bridgehead atoms. The van der Waals surface area contributed by atoms with Crippen LogP contribution in [0.2, 0.25) is 0 Å². The summed E-state index contributed by atoms with van der Waals surface area (Å²) in [5, 5.41) is 11.9. The van der Waals surface area contributed by atoms with Gasteiger partial charge in [0.05, 0.1) is 7.11 Å². The molecule has 0 aliphatic carbocycles. The standard InChI is InChI=1S/C13H16N4O2S/c1-19-10-6-4-9(5-7-10)12(18)15-8-2-3-11-16-17-13(14)20-11/h4-7H,2-3,8H2,1H3,(H2,14,17)(H,15,18). The van der Waals surface area contributed by atoms with Crippen molar-refractivity contribution in [3.8, 4) is 5.75 Å². The van der Waals surface area contributed by atoms with E-state index < -0.39 is 0 Å². The molecule has 3 N–H and O–H groups in total. The smallest absolute Gasteiger partial charge is 0.251 e. The molecule has 0 aliphatic rings. The molecule has 1 aromatic carbocycles. The van der Waals surface area contributed by atoms with Crippen molar-refractivity contribution in [2.75, 3.05) is 19.4 Å². The van der Waals surface area contributed by atoms with E-state index in [9.17, 15) is 4.79 Å². The zero-order valence-corrected chi connectivity index (χ0v) is 11.9. The molecule has 0 saturated heterocycles. The third-order valence-electron chi connectivity index (χ3n) is 2.69. The number of nitrogen functional groups attached to an aromatic ring is 1. The van der Waals surface area contributed by atoms with Crippen LogP contribution in [0.4, 0.5) is 5.13 Å². The Balaban J connectivity index is 1.74. The SMILES string of the molecule is COc1ccc(C(=O)NCCCc2nnc(N)s2)cc1. The fourth-order valence-corrected chi connectivity index (χ4v) is 2.30. The van der Waals surface area contributed by atoms with Crippen molar-refractivity contribution >= 4 is 22.4 Å². The molecule has 20 heavy (non-hydrogen) atoms. The molecule has 7 heteroatoms. The highest BCUT2D eigenvalue weighted by Crippen LogP contribution is 2.13. The van der Waals surface area contributed by atoms with Gasteiger partial charge >= 0.3 is 0 Å². The second-order valence-electron chi connectivity index (χ2n) is 4.12. The van der Waals surface area contributed by atoms with E-state index in [0.717, 1.165) is 23.6 Å². The molecule has 0 radical (unpaired) electrons. The van der Waals surface area contributed by atoms with Crippen LogP contribution in [-0.2, 0) is 6.42 Å². The summed E-state index contributed by atoms with van der Waals surface area (Å²) >= 11 is 1.38. The minimum atomic E-state index is -0.0931. The highest BCUT2D eigenvalue weighted by Gasteiger charge is 2.05. The largest absolute Gasteiger partial charge is 0.497 e. The number of aromatic nitrogens is 2. The lowest BCUT2D eigenvalue weighted by Crippen LogP contribution is -2.24. The zero-order valence-electron chi connectivity index (χ0n) is 11.1. The number of rotatable bonds is 6. The van der Waals surface area contributed by atoms with Crippen molar-refractivity contribution < 1.29 is 9.53 Å². The number of nitrogens with two attached hydrogens (primary N) is 1. The number of nitrogens with zero attached hydrogens (tertiary/aromatic N) is 2. The first-order chi connectivity index (χ1) is 9.69. The number of nitrogens with one attached hydrogen (secondary N) is 1. The number of anilines is 1. The second-order valence-corrected chi connectivity index (χ2v) is 5.22. The van der Waals surface area contributed by atoms with E-state index in [4.69, 9.17) is 10.5 Å². The molecule has 1 heterocycles. The molecule has 6 nitrogen and oxygen atoms in total. The second kappa shape index (κ2) is 6.85. The van der Waals surface area contributed by atoms with Crippen molar-refractivity contribution in [3.05, 3.63) is 34.8 Å². The minimum absolute atomic E-state index is 0.0931. The monoisotopic (exact) mass is 292 g/mol. The van der Waals surface area contributed by atoms with Gasteiger partial charge in [-0.25, -0.2) is 0 Å². The van der Waals surface area contributed by atoms with Gasteiger partial charge < -0.3 is 15.8 Å². The summed E-state index contributed by atoms with van der Waals surface area (Å²) in [6, 6.07) is 7.00. The van der Waals surface area contributed by atoms with Gasteiger partial charge in [-0.3, -0.25) is 4.79 Å². The van der Waals surface area contributed by atoms with Gasteiger partial charge in [0.15, 0.2) is 0 Å². The van der Waals surface area contributed by atoms with Crippen LogP contribution in [0.25, 0.3) is 0 Å². The van der Waals surface area contributed by atoms with Crippen molar-refractivity contribution in [1.29, 1.82) is 0 Å². The first-order valence-corrected chi connectivity index (χ1v) is 7.01. The molecule has 0 aliphatic heterocycles. The number of amides is 1. The molecule has 0 atom stereocenters. The van der Waals surface area contributed by atoms with Crippen LogP contribution >= 0.6 is 11.3 Å². The Kier molecular flexibility index (Phi) is 4.89. The third kappa shape index (κ3) is 3.92.